The molecule has 3 aromatic carbocycles. The molecule has 0 radical (unpaired) electrons. The molecule has 4 rings (SSSR count). The van der Waals surface area contributed by atoms with Crippen LogP contribution in [0.4, 0.5) is 0 Å². The van der Waals surface area contributed by atoms with Crippen molar-refractivity contribution in [1.82, 2.24) is 0 Å². The second kappa shape index (κ2) is 7.86. The zero-order valence-electron chi connectivity index (χ0n) is 15.2. The van der Waals surface area contributed by atoms with Gasteiger partial charge in [0.05, 0.1) is 19.8 Å². The van der Waals surface area contributed by atoms with Crippen molar-refractivity contribution in [3.05, 3.63) is 83.4 Å². The monoisotopic (exact) mass is 344 g/mol. The summed E-state index contributed by atoms with van der Waals surface area (Å²) >= 11 is 0. The van der Waals surface area contributed by atoms with Crippen molar-refractivity contribution in [2.24, 2.45) is 0 Å². The molecule has 0 heterocycles. The largest absolute Gasteiger partial charge is 0.382 e. The second-order valence-electron chi connectivity index (χ2n) is 6.67. The molecule has 0 fully saturated rings. The highest BCUT2D eigenvalue weighted by atomic mass is 16.5. The zero-order valence-corrected chi connectivity index (χ0v) is 15.2. The zero-order chi connectivity index (χ0) is 17.8. The van der Waals surface area contributed by atoms with E-state index in [4.69, 9.17) is 9.47 Å². The van der Waals surface area contributed by atoms with Gasteiger partial charge in [-0.2, -0.15) is 0 Å². The SMILES string of the molecule is COCCOCCc1c(-c2ccccc2)ccc2c1Cc1ccccc1-2. The van der Waals surface area contributed by atoms with Crippen molar-refractivity contribution in [3.8, 4) is 22.3 Å². The molecule has 0 unspecified atom stereocenters. The topological polar surface area (TPSA) is 18.5 Å². The third kappa shape index (κ3) is 3.31. The Morgan fingerprint density at radius 3 is 2.35 bits per heavy atom. The normalized spacial score (nSPS) is 12.0. The Balaban J connectivity index is 1.70. The molecule has 0 amide bonds. The van der Waals surface area contributed by atoms with Crippen LogP contribution < -0.4 is 0 Å². The lowest BCUT2D eigenvalue weighted by Gasteiger charge is -2.16. The fourth-order valence-corrected chi connectivity index (χ4v) is 3.87. The van der Waals surface area contributed by atoms with E-state index < -0.39 is 0 Å². The Kier molecular flexibility index (Phi) is 5.14. The minimum absolute atomic E-state index is 0.643. The quantitative estimate of drug-likeness (QED) is 0.433. The molecular formula is C24H24O2. The number of hydrogen-bond donors (Lipinski definition) is 0. The van der Waals surface area contributed by atoms with Gasteiger partial charge in [0.1, 0.15) is 0 Å². The van der Waals surface area contributed by atoms with Crippen LogP contribution in [0.25, 0.3) is 22.3 Å². The first kappa shape index (κ1) is 17.0. The van der Waals surface area contributed by atoms with E-state index in [9.17, 15) is 0 Å². The molecule has 0 saturated carbocycles. The first-order valence-corrected chi connectivity index (χ1v) is 9.23. The van der Waals surface area contributed by atoms with Gasteiger partial charge in [-0.15, -0.1) is 0 Å². The third-order valence-corrected chi connectivity index (χ3v) is 5.12. The summed E-state index contributed by atoms with van der Waals surface area (Å²) in [5.41, 5.74) is 9.67. The van der Waals surface area contributed by atoms with Gasteiger partial charge >= 0.3 is 0 Å². The smallest absolute Gasteiger partial charge is 0.0700 e. The molecule has 0 atom stereocenters. The number of methoxy groups -OCH3 is 1. The van der Waals surface area contributed by atoms with Crippen molar-refractivity contribution in [1.29, 1.82) is 0 Å². The van der Waals surface area contributed by atoms with Gasteiger partial charge < -0.3 is 9.47 Å². The van der Waals surface area contributed by atoms with Crippen LogP contribution in [-0.2, 0) is 22.3 Å². The van der Waals surface area contributed by atoms with E-state index in [2.05, 4.69) is 66.7 Å². The predicted molar refractivity (Wildman–Crippen MR) is 107 cm³/mol. The summed E-state index contributed by atoms with van der Waals surface area (Å²) in [5, 5.41) is 0. The standard InChI is InChI=1S/C24H24O2/c1-25-15-16-26-14-13-23-21(18-7-3-2-4-8-18)11-12-22-20-10-6-5-9-19(20)17-24(22)23/h2-12H,13-17H2,1H3. The maximum Gasteiger partial charge on any atom is 0.0700 e. The Bertz CT molecular complexity index is 884. The first-order chi connectivity index (χ1) is 12.9. The lowest BCUT2D eigenvalue weighted by Crippen LogP contribution is -2.07. The molecule has 2 heteroatoms. The van der Waals surface area contributed by atoms with E-state index in [0.29, 0.717) is 13.2 Å². The van der Waals surface area contributed by atoms with Crippen LogP contribution in [0.1, 0.15) is 16.7 Å². The average Bonchev–Trinajstić information content (AvgIpc) is 3.07. The number of rotatable bonds is 7. The third-order valence-electron chi connectivity index (χ3n) is 5.12. The van der Waals surface area contributed by atoms with E-state index in [-0.39, 0.29) is 0 Å². The summed E-state index contributed by atoms with van der Waals surface area (Å²) in [6.45, 7) is 2.01. The van der Waals surface area contributed by atoms with Crippen LogP contribution in [0.5, 0.6) is 0 Å². The Morgan fingerprint density at radius 2 is 1.50 bits per heavy atom. The second-order valence-corrected chi connectivity index (χ2v) is 6.67. The van der Waals surface area contributed by atoms with Gasteiger partial charge in [0, 0.05) is 7.11 Å². The molecule has 26 heavy (non-hydrogen) atoms. The summed E-state index contributed by atoms with van der Waals surface area (Å²) in [7, 11) is 1.71. The molecule has 1 aliphatic carbocycles. The van der Waals surface area contributed by atoms with Gasteiger partial charge in [-0.3, -0.25) is 0 Å². The van der Waals surface area contributed by atoms with Crippen LogP contribution in [0.3, 0.4) is 0 Å². The fourth-order valence-electron chi connectivity index (χ4n) is 3.87. The van der Waals surface area contributed by atoms with Crippen LogP contribution in [0, 0.1) is 0 Å². The molecule has 1 aliphatic rings. The Labute approximate surface area is 155 Å². The van der Waals surface area contributed by atoms with Crippen LogP contribution >= 0.6 is 0 Å². The Hall–Kier alpha value is -2.42. The molecule has 0 saturated heterocycles. The van der Waals surface area contributed by atoms with Gasteiger partial charge in [0.2, 0.25) is 0 Å². The molecule has 132 valence electrons. The van der Waals surface area contributed by atoms with E-state index in [1.54, 1.807) is 7.11 Å². The van der Waals surface area contributed by atoms with E-state index in [1.165, 1.54) is 38.9 Å². The maximum atomic E-state index is 5.78. The minimum Gasteiger partial charge on any atom is -0.382 e. The van der Waals surface area contributed by atoms with Gasteiger partial charge in [-0.1, -0.05) is 66.7 Å². The summed E-state index contributed by atoms with van der Waals surface area (Å²) in [5.74, 6) is 0. The van der Waals surface area contributed by atoms with Crippen LogP contribution in [-0.4, -0.2) is 26.9 Å². The molecule has 0 aliphatic heterocycles. The average molecular weight is 344 g/mol. The van der Waals surface area contributed by atoms with Gasteiger partial charge in [-0.25, -0.2) is 0 Å². The van der Waals surface area contributed by atoms with Crippen molar-refractivity contribution < 1.29 is 9.47 Å². The van der Waals surface area contributed by atoms with Crippen LogP contribution in [0.15, 0.2) is 66.7 Å². The van der Waals surface area contributed by atoms with Crippen molar-refractivity contribution in [2.75, 3.05) is 26.9 Å². The fraction of sp³-hybridized carbons (Fsp3) is 0.250. The summed E-state index contributed by atoms with van der Waals surface area (Å²) in [4.78, 5) is 0. The Morgan fingerprint density at radius 1 is 0.731 bits per heavy atom. The minimum atomic E-state index is 0.643. The number of benzene rings is 3. The van der Waals surface area contributed by atoms with Crippen LogP contribution in [0.2, 0.25) is 0 Å². The highest BCUT2D eigenvalue weighted by Crippen LogP contribution is 2.41. The number of ether oxygens (including phenoxy) is 2. The van der Waals surface area contributed by atoms with E-state index in [1.807, 2.05) is 0 Å². The van der Waals surface area contributed by atoms with E-state index >= 15 is 0 Å². The van der Waals surface area contributed by atoms with Gasteiger partial charge in [-0.05, 0) is 51.8 Å². The lowest BCUT2D eigenvalue weighted by molar-refractivity contribution is 0.0722. The van der Waals surface area contributed by atoms with Gasteiger partial charge in [0.25, 0.3) is 0 Å². The highest BCUT2D eigenvalue weighted by molar-refractivity contribution is 5.83. The summed E-state index contributed by atoms with van der Waals surface area (Å²) in [6.07, 6.45) is 1.94. The molecule has 0 spiro atoms. The molecule has 2 nitrogen and oxygen atoms in total. The van der Waals surface area contributed by atoms with Crippen molar-refractivity contribution in [2.45, 2.75) is 12.8 Å². The molecule has 0 N–H and O–H groups in total. The molecule has 0 bridgehead atoms. The highest BCUT2D eigenvalue weighted by Gasteiger charge is 2.22. The summed E-state index contributed by atoms with van der Waals surface area (Å²) in [6, 6.07) is 24.0. The maximum absolute atomic E-state index is 5.78. The number of fused-ring (bicyclic) bond motifs is 3. The molecule has 3 aromatic rings. The van der Waals surface area contributed by atoms with Crippen molar-refractivity contribution >= 4 is 0 Å². The summed E-state index contributed by atoms with van der Waals surface area (Å²) < 4.78 is 10.9. The first-order valence-electron chi connectivity index (χ1n) is 9.23. The lowest BCUT2D eigenvalue weighted by atomic mass is 9.90. The van der Waals surface area contributed by atoms with E-state index in [0.717, 1.165) is 19.4 Å². The predicted octanol–water partition coefficient (Wildman–Crippen LogP) is 5.13. The van der Waals surface area contributed by atoms with Gasteiger partial charge in [0.15, 0.2) is 0 Å². The van der Waals surface area contributed by atoms with Crippen molar-refractivity contribution in [3.63, 3.8) is 0 Å². The molecular weight excluding hydrogens is 320 g/mol. The molecule has 0 aromatic heterocycles. The number of hydrogen-bond acceptors (Lipinski definition) is 2.